The first-order chi connectivity index (χ1) is 6.63. The molecular formula is C10H13NaO4. The zero-order valence-electron chi connectivity index (χ0n) is 9.80. The molecule has 0 saturated heterocycles. The molecular weight excluding hydrogens is 207 g/mol. The first-order valence-electron chi connectivity index (χ1n) is 4.17. The maximum atomic E-state index is 10.6. The Labute approximate surface area is 112 Å². The van der Waals surface area contributed by atoms with Gasteiger partial charge in [-0.1, -0.05) is 12.1 Å². The number of carboxylic acid groups (broad SMARTS) is 1. The van der Waals surface area contributed by atoms with Gasteiger partial charge in [0.1, 0.15) is 5.75 Å². The number of aromatic hydroxyl groups is 1. The molecule has 1 aromatic carbocycles. The molecule has 2 N–H and O–H groups in total. The van der Waals surface area contributed by atoms with E-state index in [2.05, 4.69) is 0 Å². The number of carbonyl (C=O) groups is 1. The van der Waals surface area contributed by atoms with Gasteiger partial charge in [0.2, 0.25) is 0 Å². The predicted octanol–water partition coefficient (Wildman–Crippen LogP) is -1.85. The van der Waals surface area contributed by atoms with E-state index in [1.165, 1.54) is 19.2 Å². The van der Waals surface area contributed by atoms with Crippen molar-refractivity contribution in [3.63, 3.8) is 0 Å². The molecule has 0 fully saturated rings. The van der Waals surface area contributed by atoms with Gasteiger partial charge in [-0.3, -0.25) is 0 Å². The van der Waals surface area contributed by atoms with Crippen LogP contribution in [-0.4, -0.2) is 29.4 Å². The summed E-state index contributed by atoms with van der Waals surface area (Å²) >= 11 is 0. The smallest absolute Gasteiger partial charge is 1.00 e. The molecule has 15 heavy (non-hydrogen) atoms. The molecule has 1 atom stereocenters. The van der Waals surface area contributed by atoms with E-state index in [4.69, 9.17) is 14.9 Å². The Kier molecular flexibility index (Phi) is 6.60. The van der Waals surface area contributed by atoms with Gasteiger partial charge in [-0.25, -0.2) is 4.79 Å². The summed E-state index contributed by atoms with van der Waals surface area (Å²) in [5.41, 5.74) is 0.817. The maximum absolute atomic E-state index is 10.6. The Hall–Kier alpha value is -0.550. The Morgan fingerprint density at radius 3 is 2.40 bits per heavy atom. The van der Waals surface area contributed by atoms with E-state index in [-0.39, 0.29) is 36.7 Å². The van der Waals surface area contributed by atoms with E-state index in [9.17, 15) is 4.79 Å². The summed E-state index contributed by atoms with van der Waals surface area (Å²) in [5, 5.41) is 17.7. The van der Waals surface area contributed by atoms with E-state index in [0.717, 1.165) is 5.56 Å². The Bertz CT molecular complexity index is 315. The first kappa shape index (κ1) is 14.5. The third-order valence-corrected chi connectivity index (χ3v) is 1.92. The Balaban J connectivity index is 0. The molecule has 0 amide bonds. The van der Waals surface area contributed by atoms with Gasteiger partial charge in [0.25, 0.3) is 0 Å². The van der Waals surface area contributed by atoms with Crippen LogP contribution in [0.2, 0.25) is 0 Å². The zero-order valence-corrected chi connectivity index (χ0v) is 10.8. The van der Waals surface area contributed by atoms with Crippen LogP contribution >= 0.6 is 0 Å². The predicted molar refractivity (Wildman–Crippen MR) is 51.4 cm³/mol. The number of phenols is 1. The summed E-state index contributed by atoms with van der Waals surface area (Å²) in [6.45, 7) is 0. The monoisotopic (exact) mass is 220 g/mol. The fourth-order valence-electron chi connectivity index (χ4n) is 1.12. The average molecular weight is 220 g/mol. The summed E-state index contributed by atoms with van der Waals surface area (Å²) in [6.07, 6.45) is -0.536. The number of aliphatic carboxylic acids is 1. The Morgan fingerprint density at radius 2 is 2.00 bits per heavy atom. The Morgan fingerprint density at radius 1 is 1.47 bits per heavy atom. The van der Waals surface area contributed by atoms with Crippen LogP contribution in [0.4, 0.5) is 0 Å². The molecule has 0 unspecified atom stereocenters. The zero-order chi connectivity index (χ0) is 10.6. The number of benzene rings is 1. The number of hydrogen-bond acceptors (Lipinski definition) is 3. The number of hydrogen-bond donors (Lipinski definition) is 2. The number of ether oxygens (including phenoxy) is 1. The summed E-state index contributed by atoms with van der Waals surface area (Å²) in [5.74, 6) is -0.821. The molecule has 0 bridgehead atoms. The summed E-state index contributed by atoms with van der Waals surface area (Å²) in [6, 6.07) is 6.38. The van der Waals surface area contributed by atoms with Crippen LogP contribution in [0.25, 0.3) is 0 Å². The van der Waals surface area contributed by atoms with Gasteiger partial charge < -0.3 is 16.4 Å². The van der Waals surface area contributed by atoms with Crippen LogP contribution < -0.4 is 29.6 Å². The van der Waals surface area contributed by atoms with Crippen molar-refractivity contribution in [2.75, 3.05) is 7.11 Å². The van der Waals surface area contributed by atoms with E-state index < -0.39 is 12.1 Å². The molecule has 1 aromatic rings. The average Bonchev–Trinajstić information content (AvgIpc) is 2.16. The molecule has 0 aliphatic heterocycles. The van der Waals surface area contributed by atoms with Gasteiger partial charge in [0.05, 0.1) is 0 Å². The quantitative estimate of drug-likeness (QED) is 0.585. The number of methoxy groups -OCH3 is 1. The fourth-order valence-corrected chi connectivity index (χ4v) is 1.12. The minimum Gasteiger partial charge on any atom is -1.00 e. The van der Waals surface area contributed by atoms with Crippen LogP contribution in [0.3, 0.4) is 0 Å². The summed E-state index contributed by atoms with van der Waals surface area (Å²) in [7, 11) is 1.36. The molecule has 78 valence electrons. The molecule has 0 aromatic heterocycles. The molecule has 5 heteroatoms. The summed E-state index contributed by atoms with van der Waals surface area (Å²) in [4.78, 5) is 10.6. The van der Waals surface area contributed by atoms with Crippen molar-refractivity contribution >= 4 is 5.97 Å². The third kappa shape index (κ3) is 4.66. The molecule has 4 nitrogen and oxygen atoms in total. The van der Waals surface area contributed by atoms with Crippen LogP contribution in [0.1, 0.15) is 6.99 Å². The molecule has 0 saturated carbocycles. The second-order valence-corrected chi connectivity index (χ2v) is 2.93. The molecule has 1 rings (SSSR count). The molecule has 0 aliphatic carbocycles. The minimum absolute atomic E-state index is 0. The molecule has 0 aliphatic rings. The van der Waals surface area contributed by atoms with Crippen molar-refractivity contribution in [3.8, 4) is 5.75 Å². The van der Waals surface area contributed by atoms with Gasteiger partial charge in [-0.2, -0.15) is 0 Å². The molecule has 0 radical (unpaired) electrons. The van der Waals surface area contributed by atoms with Crippen LogP contribution in [0.5, 0.6) is 5.75 Å². The fraction of sp³-hybridized carbons (Fsp3) is 0.300. The van der Waals surface area contributed by atoms with Crippen LogP contribution in [0.15, 0.2) is 24.3 Å². The van der Waals surface area contributed by atoms with Gasteiger partial charge in [0.15, 0.2) is 6.10 Å². The summed E-state index contributed by atoms with van der Waals surface area (Å²) < 4.78 is 4.78. The third-order valence-electron chi connectivity index (χ3n) is 1.92. The topological polar surface area (TPSA) is 66.8 Å². The van der Waals surface area contributed by atoms with Crippen molar-refractivity contribution in [1.82, 2.24) is 0 Å². The van der Waals surface area contributed by atoms with E-state index >= 15 is 0 Å². The largest absolute Gasteiger partial charge is 1.00 e. The minimum atomic E-state index is -0.986. The number of phenolic OH excluding ortho intramolecular Hbond substituents is 1. The standard InChI is InChI=1S/C10H12O4.Na.H/c1-14-9(10(12)13)6-7-2-4-8(11)5-3-7;;/h2-5,9,11H,6H2,1H3,(H,12,13);;/q;+1;-1/t9-;;/m1../s1. The first-order valence-corrected chi connectivity index (χ1v) is 4.17. The van der Waals surface area contributed by atoms with Gasteiger partial charge in [0, 0.05) is 13.5 Å². The number of carboxylic acids is 1. The molecule has 0 heterocycles. The van der Waals surface area contributed by atoms with Crippen LogP contribution in [0, 0.1) is 0 Å². The second-order valence-electron chi connectivity index (χ2n) is 2.93. The van der Waals surface area contributed by atoms with Crippen molar-refractivity contribution in [2.45, 2.75) is 12.5 Å². The van der Waals surface area contributed by atoms with Crippen molar-refractivity contribution in [3.05, 3.63) is 29.8 Å². The van der Waals surface area contributed by atoms with Crippen molar-refractivity contribution in [1.29, 1.82) is 0 Å². The van der Waals surface area contributed by atoms with Gasteiger partial charge in [-0.05, 0) is 17.7 Å². The van der Waals surface area contributed by atoms with E-state index in [0.29, 0.717) is 6.42 Å². The SMILES string of the molecule is CO[C@H](Cc1ccc(O)cc1)C(=O)O.[H-].[Na+]. The second kappa shape index (κ2) is 6.85. The van der Waals surface area contributed by atoms with E-state index in [1.807, 2.05) is 0 Å². The van der Waals surface area contributed by atoms with Crippen LogP contribution in [-0.2, 0) is 16.0 Å². The van der Waals surface area contributed by atoms with Gasteiger partial charge >= 0.3 is 35.5 Å². The van der Waals surface area contributed by atoms with E-state index in [1.54, 1.807) is 12.1 Å². The van der Waals surface area contributed by atoms with Crippen molar-refractivity contribution in [2.24, 2.45) is 0 Å². The van der Waals surface area contributed by atoms with Gasteiger partial charge in [-0.15, -0.1) is 0 Å². The maximum Gasteiger partial charge on any atom is 1.00 e. The molecule has 0 spiro atoms. The normalized spacial score (nSPS) is 11.5. The van der Waals surface area contributed by atoms with Crippen molar-refractivity contribution < 1.29 is 50.7 Å². The number of rotatable bonds is 4.